The normalized spacial score (nSPS) is 13.6. The zero-order valence-corrected chi connectivity index (χ0v) is 37.6. The second-order valence-electron chi connectivity index (χ2n) is 17.7. The largest absolute Gasteiger partial charge is 0.475 e. The molecule has 4 aromatic heterocycles. The van der Waals surface area contributed by atoms with Gasteiger partial charge in [0, 0.05) is 64.4 Å². The van der Waals surface area contributed by atoms with Gasteiger partial charge >= 0.3 is 6.09 Å². The number of amides is 1. The molecule has 0 saturated carbocycles. The highest BCUT2D eigenvalue weighted by atomic mass is 35.5. The number of benzene rings is 2. The molecular weight excluding hydrogens is 821 g/mol. The maximum Gasteiger partial charge on any atom is 0.408 e. The highest BCUT2D eigenvalue weighted by molar-refractivity contribution is 6.32. The molecule has 0 radical (unpaired) electrons. The van der Waals surface area contributed by atoms with E-state index in [1.54, 1.807) is 49.1 Å². The van der Waals surface area contributed by atoms with Crippen LogP contribution in [0.4, 0.5) is 13.6 Å². The van der Waals surface area contributed by atoms with Gasteiger partial charge in [0.15, 0.2) is 0 Å². The van der Waals surface area contributed by atoms with E-state index in [0.717, 1.165) is 39.4 Å². The number of alkyl carbamates (subject to hydrolysis) is 1. The number of nitrogens with two attached hydrogens (primary N) is 1. The molecule has 3 N–H and O–H groups in total. The molecule has 1 amide bonds. The SMILES string of the molecule is CC(C)C[C@@](C)(COc1ncc(-c2ccnc3cc(F)ccc23)cc1Cl)NC(=O)OC(C)(C)C.CC(C)C[C@](C)(N)COc1ncc(-c2ccnc3cc(F)ccc23)cc1Cl. The molecule has 0 fully saturated rings. The van der Waals surface area contributed by atoms with Crippen molar-refractivity contribution in [2.45, 2.75) is 91.8 Å². The van der Waals surface area contributed by atoms with Crippen molar-refractivity contribution in [1.29, 1.82) is 0 Å². The number of nitrogens with zero attached hydrogens (tertiary/aromatic N) is 4. The summed E-state index contributed by atoms with van der Waals surface area (Å²) in [4.78, 5) is 29.6. The van der Waals surface area contributed by atoms with Crippen LogP contribution in [-0.4, -0.2) is 55.9 Å². The van der Waals surface area contributed by atoms with Crippen LogP contribution in [0.25, 0.3) is 44.1 Å². The van der Waals surface area contributed by atoms with Crippen LogP contribution >= 0.6 is 23.2 Å². The first-order chi connectivity index (χ1) is 28.6. The minimum absolute atomic E-state index is 0.161. The second-order valence-corrected chi connectivity index (χ2v) is 18.5. The lowest BCUT2D eigenvalue weighted by Crippen LogP contribution is -2.52. The van der Waals surface area contributed by atoms with Gasteiger partial charge in [-0.05, 0) is 119 Å². The quantitative estimate of drug-likeness (QED) is 0.116. The lowest BCUT2D eigenvalue weighted by molar-refractivity contribution is 0.0406. The number of hydrogen-bond donors (Lipinski definition) is 2. The Balaban J connectivity index is 0.000000237. The molecule has 4 heterocycles. The van der Waals surface area contributed by atoms with Crippen LogP contribution in [-0.2, 0) is 4.74 Å². The fraction of sp³-hybridized carbons (Fsp3) is 0.383. The Morgan fingerprint density at radius 2 is 1.15 bits per heavy atom. The fourth-order valence-electron chi connectivity index (χ4n) is 7.15. The maximum atomic E-state index is 13.6. The number of nitrogens with one attached hydrogen (secondary N) is 1. The summed E-state index contributed by atoms with van der Waals surface area (Å²) in [7, 11) is 0. The number of rotatable bonds is 13. The Bertz CT molecular complexity index is 2480. The summed E-state index contributed by atoms with van der Waals surface area (Å²) in [6.45, 7) is 18.2. The summed E-state index contributed by atoms with van der Waals surface area (Å²) in [5.41, 5.74) is 8.94. The van der Waals surface area contributed by atoms with Crippen LogP contribution in [0.2, 0.25) is 10.0 Å². The molecule has 0 aliphatic heterocycles. The summed E-state index contributed by atoms with van der Waals surface area (Å²) >= 11 is 12.9. The second kappa shape index (κ2) is 19.7. The van der Waals surface area contributed by atoms with E-state index in [1.807, 2.05) is 46.8 Å². The van der Waals surface area contributed by atoms with Gasteiger partial charge in [-0.3, -0.25) is 9.97 Å². The van der Waals surface area contributed by atoms with Crippen molar-refractivity contribution >= 4 is 51.1 Å². The van der Waals surface area contributed by atoms with Crippen molar-refractivity contribution in [2.75, 3.05) is 13.2 Å². The van der Waals surface area contributed by atoms with Crippen LogP contribution in [0.15, 0.2) is 85.5 Å². The molecule has 324 valence electrons. The number of carbonyl (C=O) groups is 1. The summed E-state index contributed by atoms with van der Waals surface area (Å²) in [6, 6.07) is 16.2. The number of ether oxygens (including phenoxy) is 3. The zero-order valence-electron chi connectivity index (χ0n) is 36.1. The lowest BCUT2D eigenvalue weighted by atomic mass is 9.91. The number of fused-ring (bicyclic) bond motifs is 2. The Morgan fingerprint density at radius 3 is 1.57 bits per heavy atom. The van der Waals surface area contributed by atoms with Crippen molar-refractivity contribution in [2.24, 2.45) is 17.6 Å². The van der Waals surface area contributed by atoms with Gasteiger partial charge in [-0.25, -0.2) is 23.5 Å². The predicted molar refractivity (Wildman–Crippen MR) is 240 cm³/mol. The third kappa shape index (κ3) is 13.4. The van der Waals surface area contributed by atoms with E-state index in [0.29, 0.717) is 51.8 Å². The first kappa shape index (κ1) is 46.9. The van der Waals surface area contributed by atoms with Crippen LogP contribution in [0, 0.1) is 23.5 Å². The molecule has 2 aromatic carbocycles. The summed E-state index contributed by atoms with van der Waals surface area (Å²) in [6.07, 6.45) is 7.60. The first-order valence-electron chi connectivity index (χ1n) is 20.1. The molecule has 10 nitrogen and oxygen atoms in total. The van der Waals surface area contributed by atoms with Crippen LogP contribution < -0.4 is 20.5 Å². The molecule has 6 rings (SSSR count). The Labute approximate surface area is 366 Å². The average molecular weight is 876 g/mol. The summed E-state index contributed by atoms with van der Waals surface area (Å²) in [5.74, 6) is 0.721. The molecular formula is C47H54Cl2F2N6O4. The van der Waals surface area contributed by atoms with E-state index in [9.17, 15) is 13.6 Å². The monoisotopic (exact) mass is 874 g/mol. The van der Waals surface area contributed by atoms with Crippen LogP contribution in [0.1, 0.15) is 75.2 Å². The third-order valence-corrected chi connectivity index (χ3v) is 9.79. The van der Waals surface area contributed by atoms with E-state index in [1.165, 1.54) is 24.3 Å². The summed E-state index contributed by atoms with van der Waals surface area (Å²) < 4.78 is 44.2. The van der Waals surface area contributed by atoms with E-state index in [4.69, 9.17) is 43.1 Å². The number of halogens is 4. The fourth-order valence-corrected chi connectivity index (χ4v) is 7.60. The van der Waals surface area contributed by atoms with Gasteiger partial charge in [0.2, 0.25) is 11.8 Å². The van der Waals surface area contributed by atoms with Gasteiger partial charge in [0.1, 0.15) is 40.5 Å². The molecule has 14 heteroatoms. The molecule has 0 saturated heterocycles. The molecule has 6 aromatic rings. The van der Waals surface area contributed by atoms with Gasteiger partial charge < -0.3 is 25.3 Å². The number of pyridine rings is 4. The Morgan fingerprint density at radius 1 is 0.689 bits per heavy atom. The Kier molecular flexibility index (Phi) is 15.1. The van der Waals surface area contributed by atoms with Crippen molar-refractivity contribution in [3.8, 4) is 34.0 Å². The van der Waals surface area contributed by atoms with E-state index >= 15 is 0 Å². The molecule has 0 bridgehead atoms. The van der Waals surface area contributed by atoms with Crippen LogP contribution in [0.5, 0.6) is 11.8 Å². The van der Waals surface area contributed by atoms with Crippen molar-refractivity contribution in [3.63, 3.8) is 0 Å². The molecule has 2 atom stereocenters. The van der Waals surface area contributed by atoms with Crippen molar-refractivity contribution in [3.05, 3.63) is 107 Å². The number of hydrogen-bond acceptors (Lipinski definition) is 9. The smallest absolute Gasteiger partial charge is 0.408 e. The highest BCUT2D eigenvalue weighted by Gasteiger charge is 2.31. The van der Waals surface area contributed by atoms with Gasteiger partial charge in [0.05, 0.1) is 16.6 Å². The topological polar surface area (TPSA) is 134 Å². The van der Waals surface area contributed by atoms with Gasteiger partial charge in [0.25, 0.3) is 0 Å². The first-order valence-corrected chi connectivity index (χ1v) is 20.8. The van der Waals surface area contributed by atoms with Crippen molar-refractivity contribution < 1.29 is 27.8 Å². The standard InChI is InChI=1S/C26H31ClFN3O3.C21H23ClFN3O/c1-16(2)13-26(6,31-24(32)34-25(3,4)5)15-33-23-21(27)11-17(14-30-23)19-9-10-29-22-12-18(28)7-8-20(19)22;1-13(2)10-21(3,24)12-27-20-18(22)8-14(11-26-20)16-6-7-25-19-9-15(23)4-5-17(16)19/h7-12,14,16H,13,15H2,1-6H3,(H,31,32);4-9,11,13H,10,12,24H2,1-3H3/t26-;21-/m00/s1. The minimum Gasteiger partial charge on any atom is -0.475 e. The highest BCUT2D eigenvalue weighted by Crippen LogP contribution is 2.34. The van der Waals surface area contributed by atoms with Gasteiger partial charge in [-0.1, -0.05) is 50.9 Å². The molecule has 0 unspecified atom stereocenters. The predicted octanol–water partition coefficient (Wildman–Crippen LogP) is 12.0. The van der Waals surface area contributed by atoms with Gasteiger partial charge in [-0.2, -0.15) is 0 Å². The maximum absolute atomic E-state index is 13.6. The average Bonchev–Trinajstić information content (AvgIpc) is 3.14. The third-order valence-electron chi connectivity index (χ3n) is 9.25. The molecule has 0 spiro atoms. The van der Waals surface area contributed by atoms with E-state index < -0.39 is 22.8 Å². The van der Waals surface area contributed by atoms with E-state index in [2.05, 4.69) is 52.9 Å². The molecule has 0 aliphatic rings. The minimum atomic E-state index is -0.689. The summed E-state index contributed by atoms with van der Waals surface area (Å²) in [5, 5.41) is 5.29. The van der Waals surface area contributed by atoms with Gasteiger partial charge in [-0.15, -0.1) is 0 Å². The van der Waals surface area contributed by atoms with E-state index in [-0.39, 0.29) is 24.1 Å². The lowest BCUT2D eigenvalue weighted by Gasteiger charge is -2.33. The number of aromatic nitrogens is 4. The Hall–Kier alpha value is -5.17. The van der Waals surface area contributed by atoms with Crippen LogP contribution in [0.3, 0.4) is 0 Å². The number of carbonyl (C=O) groups excluding carboxylic acids is 1. The molecule has 0 aliphatic carbocycles. The van der Waals surface area contributed by atoms with Crippen molar-refractivity contribution in [1.82, 2.24) is 25.3 Å². The zero-order chi connectivity index (χ0) is 44.7. The molecule has 61 heavy (non-hydrogen) atoms.